The lowest BCUT2D eigenvalue weighted by Crippen LogP contribution is -2.53. The molecule has 1 aliphatic heterocycles. The molecule has 1 aliphatic rings. The van der Waals surface area contributed by atoms with Crippen LogP contribution in [0.2, 0.25) is 0 Å². The minimum Gasteiger partial charge on any atom is -0.449 e. The number of sulfone groups is 1. The summed E-state index contributed by atoms with van der Waals surface area (Å²) in [5.41, 5.74) is 0. The zero-order valence-electron chi connectivity index (χ0n) is 10.2. The second-order valence-electron chi connectivity index (χ2n) is 4.10. The summed E-state index contributed by atoms with van der Waals surface area (Å²) >= 11 is 0. The highest BCUT2D eigenvalue weighted by atomic mass is 32.2. The molecule has 0 aromatic carbocycles. The van der Waals surface area contributed by atoms with Crippen molar-refractivity contribution in [1.29, 1.82) is 0 Å². The van der Waals surface area contributed by atoms with Crippen LogP contribution in [0.4, 0.5) is 4.79 Å². The Kier molecular flexibility index (Phi) is 4.34. The minimum atomic E-state index is -3.30. The van der Waals surface area contributed by atoms with Crippen molar-refractivity contribution in [3.8, 4) is 0 Å². The first-order valence-corrected chi connectivity index (χ1v) is 7.12. The number of amides is 1. The third kappa shape index (κ3) is 3.30. The molecule has 8 heteroatoms. The van der Waals surface area contributed by atoms with Gasteiger partial charge in [0, 0.05) is 14.1 Å². The Morgan fingerprint density at radius 3 is 2.35 bits per heavy atom. The third-order valence-corrected chi connectivity index (χ3v) is 4.19. The van der Waals surface area contributed by atoms with Gasteiger partial charge in [-0.1, -0.05) is 0 Å². The van der Waals surface area contributed by atoms with Gasteiger partial charge in [0.2, 0.25) is 0 Å². The van der Waals surface area contributed by atoms with E-state index in [0.29, 0.717) is 0 Å². The maximum atomic E-state index is 11.7. The van der Waals surface area contributed by atoms with Crippen LogP contribution in [0.1, 0.15) is 6.92 Å². The normalized spacial score (nSPS) is 27.1. The lowest BCUT2D eigenvalue weighted by molar-refractivity contribution is -0.0401. The van der Waals surface area contributed by atoms with Crippen LogP contribution in [0.5, 0.6) is 0 Å². The molecule has 0 spiro atoms. The van der Waals surface area contributed by atoms with Crippen molar-refractivity contribution in [2.45, 2.75) is 19.1 Å². The van der Waals surface area contributed by atoms with E-state index in [1.807, 2.05) is 0 Å². The average molecular weight is 266 g/mol. The zero-order valence-corrected chi connectivity index (χ0v) is 11.0. The van der Waals surface area contributed by atoms with Gasteiger partial charge in [-0.25, -0.2) is 23.2 Å². The number of carbonyl (C=O) groups is 1. The van der Waals surface area contributed by atoms with Gasteiger partial charge in [0.15, 0.2) is 9.84 Å². The lowest BCUT2D eigenvalue weighted by atomic mass is 10.2. The molecule has 0 saturated carbocycles. The molecular weight excluding hydrogens is 248 g/mol. The lowest BCUT2D eigenvalue weighted by Gasteiger charge is -2.33. The van der Waals surface area contributed by atoms with E-state index < -0.39 is 28.1 Å². The number of nitrogens with zero attached hydrogens (tertiary/aromatic N) is 2. The predicted octanol–water partition coefficient (Wildman–Crippen LogP) is -0.921. The Bertz CT molecular complexity index is 381. The van der Waals surface area contributed by atoms with Gasteiger partial charge in [-0.3, -0.25) is 0 Å². The molecule has 0 aromatic heterocycles. The van der Waals surface area contributed by atoms with Gasteiger partial charge in [0.1, 0.15) is 0 Å². The van der Waals surface area contributed by atoms with E-state index >= 15 is 0 Å². The first kappa shape index (κ1) is 14.2. The monoisotopic (exact) mass is 266 g/mol. The van der Waals surface area contributed by atoms with Crippen LogP contribution < -0.4 is 0 Å². The number of carbonyl (C=O) groups excluding carboxylic acids is 1. The Labute approximate surface area is 101 Å². The molecule has 1 heterocycles. The van der Waals surface area contributed by atoms with Gasteiger partial charge in [-0.2, -0.15) is 0 Å². The van der Waals surface area contributed by atoms with Gasteiger partial charge >= 0.3 is 6.09 Å². The quantitative estimate of drug-likeness (QED) is 0.665. The number of aliphatic hydroxyl groups is 1. The van der Waals surface area contributed by atoms with Crippen molar-refractivity contribution in [2.75, 3.05) is 32.2 Å². The molecule has 1 amide bonds. The summed E-state index contributed by atoms with van der Waals surface area (Å²) in [5.74, 6) is -0.563. The summed E-state index contributed by atoms with van der Waals surface area (Å²) in [7, 11) is -0.114. The molecule has 1 rings (SSSR count). The summed E-state index contributed by atoms with van der Waals surface area (Å²) in [6, 6.07) is -0.783. The summed E-state index contributed by atoms with van der Waals surface area (Å²) in [6.45, 7) is 1.85. The van der Waals surface area contributed by atoms with E-state index in [0.717, 1.165) is 5.01 Å². The van der Waals surface area contributed by atoms with Crippen LogP contribution in [-0.4, -0.2) is 74.0 Å². The maximum absolute atomic E-state index is 11.7. The second-order valence-corrected chi connectivity index (χ2v) is 6.26. The Morgan fingerprint density at radius 1 is 1.41 bits per heavy atom. The Morgan fingerprint density at radius 2 is 2.00 bits per heavy atom. The number of hydrogen-bond donors (Lipinski definition) is 1. The first-order chi connectivity index (χ1) is 7.78. The molecule has 17 heavy (non-hydrogen) atoms. The van der Waals surface area contributed by atoms with E-state index in [4.69, 9.17) is 4.74 Å². The van der Waals surface area contributed by atoms with E-state index in [2.05, 4.69) is 0 Å². The van der Waals surface area contributed by atoms with E-state index in [1.165, 1.54) is 5.01 Å². The van der Waals surface area contributed by atoms with E-state index in [-0.39, 0.29) is 18.1 Å². The van der Waals surface area contributed by atoms with Gasteiger partial charge in [-0.15, -0.1) is 0 Å². The van der Waals surface area contributed by atoms with Crippen LogP contribution >= 0.6 is 0 Å². The molecule has 0 aliphatic carbocycles. The molecule has 1 saturated heterocycles. The summed E-state index contributed by atoms with van der Waals surface area (Å²) in [6.07, 6.45) is -1.73. The molecule has 100 valence electrons. The zero-order chi connectivity index (χ0) is 13.2. The Balaban J connectivity index is 2.89. The van der Waals surface area contributed by atoms with Crippen LogP contribution in [0.3, 0.4) is 0 Å². The summed E-state index contributed by atoms with van der Waals surface area (Å²) < 4.78 is 27.6. The minimum absolute atomic E-state index is 0.193. The summed E-state index contributed by atoms with van der Waals surface area (Å²) in [5, 5.41) is 12.3. The predicted molar refractivity (Wildman–Crippen MR) is 61.0 cm³/mol. The van der Waals surface area contributed by atoms with Crippen molar-refractivity contribution in [1.82, 2.24) is 10.0 Å². The number of ether oxygens (including phenoxy) is 1. The highest BCUT2D eigenvalue weighted by Gasteiger charge is 2.43. The van der Waals surface area contributed by atoms with Crippen molar-refractivity contribution in [3.63, 3.8) is 0 Å². The van der Waals surface area contributed by atoms with Crippen LogP contribution in [-0.2, 0) is 14.6 Å². The largest absolute Gasteiger partial charge is 0.449 e. The SMILES string of the molecule is CCOC(=O)N([C@H]1CS(=O)(=O)C[C@@H]1O)N(C)C. The van der Waals surface area contributed by atoms with Crippen molar-refractivity contribution in [3.05, 3.63) is 0 Å². The van der Waals surface area contributed by atoms with E-state index in [9.17, 15) is 18.3 Å². The molecule has 0 unspecified atom stereocenters. The van der Waals surface area contributed by atoms with Gasteiger partial charge in [-0.05, 0) is 6.92 Å². The van der Waals surface area contributed by atoms with Gasteiger partial charge in [0.25, 0.3) is 0 Å². The smallest absolute Gasteiger partial charge is 0.424 e. The topological polar surface area (TPSA) is 87.1 Å². The fourth-order valence-electron chi connectivity index (χ4n) is 1.83. The van der Waals surface area contributed by atoms with Crippen LogP contribution in [0.15, 0.2) is 0 Å². The molecule has 0 radical (unpaired) electrons. The highest BCUT2D eigenvalue weighted by molar-refractivity contribution is 7.91. The molecule has 0 bridgehead atoms. The fraction of sp³-hybridized carbons (Fsp3) is 0.889. The van der Waals surface area contributed by atoms with Crippen molar-refractivity contribution >= 4 is 15.9 Å². The van der Waals surface area contributed by atoms with Gasteiger partial charge < -0.3 is 9.84 Å². The second kappa shape index (κ2) is 5.19. The van der Waals surface area contributed by atoms with Crippen LogP contribution in [0.25, 0.3) is 0 Å². The van der Waals surface area contributed by atoms with Crippen molar-refractivity contribution < 1.29 is 23.1 Å². The molecular formula is C9H18N2O5S. The van der Waals surface area contributed by atoms with Gasteiger partial charge in [0.05, 0.1) is 30.3 Å². The van der Waals surface area contributed by atoms with E-state index in [1.54, 1.807) is 21.0 Å². The average Bonchev–Trinajstić information content (AvgIpc) is 2.40. The first-order valence-electron chi connectivity index (χ1n) is 5.30. The third-order valence-electron chi connectivity index (χ3n) is 2.49. The number of aliphatic hydroxyl groups excluding tert-OH is 1. The fourth-order valence-corrected chi connectivity index (χ4v) is 3.59. The standard InChI is InChI=1S/C9H18N2O5S/c1-4-16-9(13)11(10(2)3)7-5-17(14,15)6-8(7)12/h7-8,12H,4-6H2,1-3H3/t7-,8-/m0/s1. The highest BCUT2D eigenvalue weighted by Crippen LogP contribution is 2.20. The molecule has 7 nitrogen and oxygen atoms in total. The molecule has 1 fully saturated rings. The molecule has 0 aromatic rings. The number of hydrazine groups is 1. The molecule has 1 N–H and O–H groups in total. The summed E-state index contributed by atoms with van der Waals surface area (Å²) in [4.78, 5) is 11.7. The van der Waals surface area contributed by atoms with Crippen molar-refractivity contribution in [2.24, 2.45) is 0 Å². The Hall–Kier alpha value is -0.860. The maximum Gasteiger partial charge on any atom is 0.424 e. The number of rotatable bonds is 3. The number of hydrogen-bond acceptors (Lipinski definition) is 6. The van der Waals surface area contributed by atoms with Crippen LogP contribution in [0, 0.1) is 0 Å². The molecule has 2 atom stereocenters.